The molecule has 3 aliphatic rings. The second kappa shape index (κ2) is 8.88. The lowest BCUT2D eigenvalue weighted by Gasteiger charge is -2.43. The highest BCUT2D eigenvalue weighted by molar-refractivity contribution is 9.10. The summed E-state index contributed by atoms with van der Waals surface area (Å²) >= 11 is 3.36. The number of carbonyl (C=O) groups excluding carboxylic acids is 2. The van der Waals surface area contributed by atoms with E-state index in [0.29, 0.717) is 25.2 Å². The number of halogens is 1. The molecule has 3 heterocycles. The van der Waals surface area contributed by atoms with Crippen LogP contribution in [0.1, 0.15) is 29.6 Å². The van der Waals surface area contributed by atoms with Crippen LogP contribution in [0.15, 0.2) is 22.9 Å². The number of carbonyl (C=O) groups is 2. The Morgan fingerprint density at radius 3 is 2.25 bits per heavy atom. The van der Waals surface area contributed by atoms with Gasteiger partial charge < -0.3 is 9.80 Å². The Morgan fingerprint density at radius 1 is 0.964 bits per heavy atom. The van der Waals surface area contributed by atoms with Crippen LogP contribution >= 0.6 is 15.9 Å². The Morgan fingerprint density at radius 2 is 1.64 bits per heavy atom. The standard InChI is InChI=1S/C20H28BrN5O2/c21-17-12-16(13-22-14-17)20(28)26-6-4-23(5-7-26)15-19(27)25-10-8-24(9-11-25)18-2-1-3-18/h12-14,18H,1-11,15H2. The van der Waals surface area contributed by atoms with Crippen molar-refractivity contribution in [2.45, 2.75) is 25.3 Å². The summed E-state index contributed by atoms with van der Waals surface area (Å²) in [5, 5.41) is 0. The van der Waals surface area contributed by atoms with Gasteiger partial charge in [0.1, 0.15) is 0 Å². The van der Waals surface area contributed by atoms with Gasteiger partial charge in [0.25, 0.3) is 5.91 Å². The van der Waals surface area contributed by atoms with Crippen LogP contribution < -0.4 is 0 Å². The molecule has 1 aromatic rings. The molecular formula is C20H28BrN5O2. The van der Waals surface area contributed by atoms with Crippen LogP contribution in [0.5, 0.6) is 0 Å². The van der Waals surface area contributed by atoms with Crippen LogP contribution in [-0.2, 0) is 4.79 Å². The fourth-order valence-electron chi connectivity index (χ4n) is 4.20. The minimum absolute atomic E-state index is 0.00638. The van der Waals surface area contributed by atoms with Crippen molar-refractivity contribution in [3.63, 3.8) is 0 Å². The molecule has 0 radical (unpaired) electrons. The number of piperazine rings is 2. The number of aromatic nitrogens is 1. The molecule has 0 N–H and O–H groups in total. The van der Waals surface area contributed by atoms with E-state index in [2.05, 4.69) is 30.7 Å². The van der Waals surface area contributed by atoms with Crippen molar-refractivity contribution in [3.05, 3.63) is 28.5 Å². The first-order valence-electron chi connectivity index (χ1n) is 10.2. The molecule has 152 valence electrons. The lowest BCUT2D eigenvalue weighted by atomic mass is 9.91. The second-order valence-electron chi connectivity index (χ2n) is 7.96. The molecule has 1 aromatic heterocycles. The van der Waals surface area contributed by atoms with Crippen LogP contribution in [0.2, 0.25) is 0 Å². The van der Waals surface area contributed by atoms with E-state index in [9.17, 15) is 9.59 Å². The number of pyridine rings is 1. The molecule has 28 heavy (non-hydrogen) atoms. The van der Waals surface area contributed by atoms with Gasteiger partial charge in [-0.3, -0.25) is 24.4 Å². The van der Waals surface area contributed by atoms with E-state index in [1.54, 1.807) is 18.5 Å². The van der Waals surface area contributed by atoms with Crippen molar-refractivity contribution in [1.82, 2.24) is 24.6 Å². The van der Waals surface area contributed by atoms with Gasteiger partial charge in [0.15, 0.2) is 0 Å². The number of hydrogen-bond acceptors (Lipinski definition) is 5. The number of hydrogen-bond donors (Lipinski definition) is 0. The molecular weight excluding hydrogens is 422 g/mol. The Kier molecular flexibility index (Phi) is 6.28. The fraction of sp³-hybridized carbons (Fsp3) is 0.650. The van der Waals surface area contributed by atoms with Crippen molar-refractivity contribution in [3.8, 4) is 0 Å². The summed E-state index contributed by atoms with van der Waals surface area (Å²) in [5.41, 5.74) is 0.600. The summed E-state index contributed by atoms with van der Waals surface area (Å²) in [6.07, 6.45) is 7.29. The first-order valence-corrected chi connectivity index (χ1v) is 11.0. The monoisotopic (exact) mass is 449 g/mol. The fourth-order valence-corrected chi connectivity index (χ4v) is 4.56. The molecule has 1 saturated carbocycles. The Bertz CT molecular complexity index is 710. The third-order valence-corrected chi connectivity index (χ3v) is 6.66. The normalized spacial score (nSPS) is 22.2. The van der Waals surface area contributed by atoms with Crippen LogP contribution in [0.4, 0.5) is 0 Å². The first kappa shape index (κ1) is 19.8. The van der Waals surface area contributed by atoms with Gasteiger partial charge in [0.05, 0.1) is 12.1 Å². The van der Waals surface area contributed by atoms with Gasteiger partial charge in [-0.25, -0.2) is 0 Å². The van der Waals surface area contributed by atoms with Gasteiger partial charge in [-0.1, -0.05) is 6.42 Å². The largest absolute Gasteiger partial charge is 0.339 e. The van der Waals surface area contributed by atoms with E-state index in [-0.39, 0.29) is 11.8 Å². The summed E-state index contributed by atoms with van der Waals surface area (Å²) in [4.78, 5) is 37.9. The van der Waals surface area contributed by atoms with Crippen molar-refractivity contribution in [1.29, 1.82) is 0 Å². The van der Waals surface area contributed by atoms with Gasteiger partial charge >= 0.3 is 0 Å². The van der Waals surface area contributed by atoms with Gasteiger partial charge in [-0.2, -0.15) is 0 Å². The van der Waals surface area contributed by atoms with E-state index in [1.807, 2.05) is 9.80 Å². The average molecular weight is 450 g/mol. The molecule has 3 fully saturated rings. The maximum Gasteiger partial charge on any atom is 0.255 e. The molecule has 8 heteroatoms. The zero-order chi connectivity index (χ0) is 19.5. The quantitative estimate of drug-likeness (QED) is 0.693. The summed E-state index contributed by atoms with van der Waals surface area (Å²) < 4.78 is 0.806. The SMILES string of the molecule is O=C(CN1CCN(C(=O)c2cncc(Br)c2)CC1)N1CCN(C2CCC2)CC1. The molecule has 0 aromatic carbocycles. The molecule has 0 spiro atoms. The molecule has 0 bridgehead atoms. The highest BCUT2D eigenvalue weighted by Crippen LogP contribution is 2.25. The van der Waals surface area contributed by atoms with Gasteiger partial charge in [-0.15, -0.1) is 0 Å². The smallest absolute Gasteiger partial charge is 0.255 e. The molecule has 7 nitrogen and oxygen atoms in total. The van der Waals surface area contributed by atoms with E-state index in [0.717, 1.165) is 49.8 Å². The Balaban J connectivity index is 1.21. The lowest BCUT2D eigenvalue weighted by Crippen LogP contribution is -2.56. The summed E-state index contributed by atoms with van der Waals surface area (Å²) in [6, 6.07) is 2.57. The van der Waals surface area contributed by atoms with Crippen molar-refractivity contribution >= 4 is 27.7 Å². The van der Waals surface area contributed by atoms with Gasteiger partial charge in [0.2, 0.25) is 5.91 Å². The maximum atomic E-state index is 12.7. The molecule has 1 aliphatic carbocycles. The Hall–Kier alpha value is -1.51. The molecule has 0 unspecified atom stereocenters. The topological polar surface area (TPSA) is 60.0 Å². The molecule has 4 rings (SSSR count). The predicted molar refractivity (Wildman–Crippen MR) is 110 cm³/mol. The van der Waals surface area contributed by atoms with Crippen molar-refractivity contribution in [2.75, 3.05) is 58.9 Å². The first-order chi connectivity index (χ1) is 13.6. The maximum absolute atomic E-state index is 12.7. The third-order valence-electron chi connectivity index (χ3n) is 6.23. The van der Waals surface area contributed by atoms with E-state index < -0.39 is 0 Å². The highest BCUT2D eigenvalue weighted by Gasteiger charge is 2.30. The zero-order valence-corrected chi connectivity index (χ0v) is 17.8. The van der Waals surface area contributed by atoms with E-state index in [1.165, 1.54) is 19.3 Å². The minimum Gasteiger partial charge on any atom is -0.339 e. The summed E-state index contributed by atoms with van der Waals surface area (Å²) in [7, 11) is 0. The zero-order valence-electron chi connectivity index (χ0n) is 16.2. The highest BCUT2D eigenvalue weighted by atomic mass is 79.9. The van der Waals surface area contributed by atoms with Gasteiger partial charge in [-0.05, 0) is 34.8 Å². The molecule has 2 saturated heterocycles. The number of amides is 2. The Labute approximate surface area is 174 Å². The lowest BCUT2D eigenvalue weighted by molar-refractivity contribution is -0.135. The number of rotatable bonds is 4. The van der Waals surface area contributed by atoms with E-state index >= 15 is 0 Å². The van der Waals surface area contributed by atoms with Crippen LogP contribution in [-0.4, -0.2) is 101 Å². The molecule has 0 atom stereocenters. The average Bonchev–Trinajstić information content (AvgIpc) is 2.67. The second-order valence-corrected chi connectivity index (χ2v) is 8.88. The van der Waals surface area contributed by atoms with E-state index in [4.69, 9.17) is 0 Å². The number of nitrogens with zero attached hydrogens (tertiary/aromatic N) is 5. The molecule has 2 amide bonds. The predicted octanol–water partition coefficient (Wildman–Crippen LogP) is 1.30. The van der Waals surface area contributed by atoms with Crippen molar-refractivity contribution in [2.24, 2.45) is 0 Å². The van der Waals surface area contributed by atoms with Crippen LogP contribution in [0.3, 0.4) is 0 Å². The minimum atomic E-state index is 0.00638. The van der Waals surface area contributed by atoms with Crippen molar-refractivity contribution < 1.29 is 9.59 Å². The van der Waals surface area contributed by atoms with Gasteiger partial charge in [0, 0.05) is 75.3 Å². The summed E-state index contributed by atoms with van der Waals surface area (Å²) in [6.45, 7) is 6.96. The molecule has 2 aliphatic heterocycles. The summed E-state index contributed by atoms with van der Waals surface area (Å²) in [5.74, 6) is 0.233. The third kappa shape index (κ3) is 4.55. The van der Waals surface area contributed by atoms with Crippen LogP contribution in [0.25, 0.3) is 0 Å². The van der Waals surface area contributed by atoms with Crippen LogP contribution in [0, 0.1) is 0 Å².